The number of rotatable bonds is 7. The fourth-order valence-corrected chi connectivity index (χ4v) is 3.51. The van der Waals surface area contributed by atoms with Crippen LogP contribution in [-0.4, -0.2) is 32.0 Å². The molecule has 5 heteroatoms. The highest BCUT2D eigenvalue weighted by molar-refractivity contribution is 5.14. The van der Waals surface area contributed by atoms with E-state index in [-0.39, 0.29) is 12.1 Å². The van der Waals surface area contributed by atoms with E-state index in [0.717, 1.165) is 38.0 Å². The minimum atomic E-state index is -0.279. The van der Waals surface area contributed by atoms with Crippen LogP contribution >= 0.6 is 0 Å². The lowest BCUT2D eigenvalue weighted by atomic mass is 10.1. The minimum Gasteiger partial charge on any atom is -0.391 e. The average molecular weight is 328 g/mol. The van der Waals surface area contributed by atoms with E-state index in [0.29, 0.717) is 11.8 Å². The predicted molar refractivity (Wildman–Crippen MR) is 94.4 cm³/mol. The molecule has 0 saturated heterocycles. The summed E-state index contributed by atoms with van der Waals surface area (Å²) in [4.78, 5) is 4.53. The van der Waals surface area contributed by atoms with Gasteiger partial charge in [0.2, 0.25) is 0 Å². The Morgan fingerprint density at radius 3 is 2.88 bits per heavy atom. The highest BCUT2D eigenvalue weighted by atomic mass is 16.3. The van der Waals surface area contributed by atoms with E-state index >= 15 is 0 Å². The third-order valence-electron chi connectivity index (χ3n) is 4.70. The summed E-state index contributed by atoms with van der Waals surface area (Å²) >= 11 is 0. The summed E-state index contributed by atoms with van der Waals surface area (Å²) < 4.78 is 1.96. The first-order valence-corrected chi connectivity index (χ1v) is 8.93. The lowest BCUT2D eigenvalue weighted by molar-refractivity contribution is 0.145. The van der Waals surface area contributed by atoms with Gasteiger partial charge in [0, 0.05) is 43.4 Å². The molecular weight excluding hydrogens is 300 g/mol. The Hall–Kier alpha value is -1.72. The molecule has 0 spiro atoms. The van der Waals surface area contributed by atoms with Crippen molar-refractivity contribution in [1.82, 2.24) is 20.1 Å². The van der Waals surface area contributed by atoms with Crippen molar-refractivity contribution < 1.29 is 5.11 Å². The second kappa shape index (κ2) is 7.90. The van der Waals surface area contributed by atoms with Gasteiger partial charge in [-0.3, -0.25) is 9.67 Å². The highest BCUT2D eigenvalue weighted by Crippen LogP contribution is 2.27. The Balaban J connectivity index is 1.47. The lowest BCUT2D eigenvalue weighted by Gasteiger charge is -2.16. The van der Waals surface area contributed by atoms with Gasteiger partial charge in [-0.25, -0.2) is 0 Å². The standard InChI is InChI=1S/C19H28N4O/c1-14(2)8-17-5-4-15(11-20-17)12-21-18-9-16(10-19(18)24)13-23-7-3-6-22-23/h3-7,11,14,16,18-19,21,24H,8-10,12-13H2,1-2H3/t16?,18-,19-/m1/s1. The second-order valence-electron chi connectivity index (χ2n) is 7.38. The molecule has 2 aromatic heterocycles. The molecule has 3 rings (SSSR count). The van der Waals surface area contributed by atoms with Crippen molar-refractivity contribution in [3.8, 4) is 0 Å². The molecule has 1 fully saturated rings. The van der Waals surface area contributed by atoms with Crippen LogP contribution in [0.1, 0.15) is 37.9 Å². The first kappa shape index (κ1) is 17.1. The molecule has 1 saturated carbocycles. The average Bonchev–Trinajstić information content (AvgIpc) is 3.16. The molecule has 3 atom stereocenters. The summed E-state index contributed by atoms with van der Waals surface area (Å²) in [6.07, 6.45) is 8.30. The van der Waals surface area contributed by atoms with Gasteiger partial charge in [0.15, 0.2) is 0 Å². The van der Waals surface area contributed by atoms with E-state index in [1.54, 1.807) is 6.20 Å². The van der Waals surface area contributed by atoms with E-state index in [4.69, 9.17) is 0 Å². The van der Waals surface area contributed by atoms with E-state index < -0.39 is 0 Å². The lowest BCUT2D eigenvalue weighted by Crippen LogP contribution is -2.35. The van der Waals surface area contributed by atoms with E-state index in [1.165, 1.54) is 5.56 Å². The smallest absolute Gasteiger partial charge is 0.0696 e. The third kappa shape index (κ3) is 4.65. The molecule has 130 valence electrons. The quantitative estimate of drug-likeness (QED) is 0.819. The number of aliphatic hydroxyl groups is 1. The zero-order valence-electron chi connectivity index (χ0n) is 14.6. The molecule has 1 aliphatic rings. The Bertz CT molecular complexity index is 609. The van der Waals surface area contributed by atoms with Gasteiger partial charge >= 0.3 is 0 Å². The summed E-state index contributed by atoms with van der Waals surface area (Å²) in [6, 6.07) is 6.35. The molecule has 2 aromatic rings. The fraction of sp³-hybridized carbons (Fsp3) is 0.579. The third-order valence-corrected chi connectivity index (χ3v) is 4.70. The number of aromatic nitrogens is 3. The molecule has 5 nitrogen and oxygen atoms in total. The van der Waals surface area contributed by atoms with E-state index in [9.17, 15) is 5.11 Å². The van der Waals surface area contributed by atoms with Crippen molar-refractivity contribution in [3.63, 3.8) is 0 Å². The van der Waals surface area contributed by atoms with Gasteiger partial charge in [-0.15, -0.1) is 0 Å². The number of hydrogen-bond acceptors (Lipinski definition) is 4. The van der Waals surface area contributed by atoms with Crippen LogP contribution in [0.3, 0.4) is 0 Å². The maximum Gasteiger partial charge on any atom is 0.0696 e. The van der Waals surface area contributed by atoms with Crippen molar-refractivity contribution in [1.29, 1.82) is 0 Å². The van der Waals surface area contributed by atoms with Gasteiger partial charge < -0.3 is 10.4 Å². The number of pyridine rings is 1. The predicted octanol–water partition coefficient (Wildman–Crippen LogP) is 2.41. The zero-order valence-corrected chi connectivity index (χ0v) is 14.6. The van der Waals surface area contributed by atoms with Gasteiger partial charge in [0.25, 0.3) is 0 Å². The summed E-state index contributed by atoms with van der Waals surface area (Å²) in [5.41, 5.74) is 2.32. The molecular formula is C19H28N4O. The van der Waals surface area contributed by atoms with Crippen LogP contribution in [0.5, 0.6) is 0 Å². The Morgan fingerprint density at radius 1 is 1.33 bits per heavy atom. The topological polar surface area (TPSA) is 63.0 Å². The second-order valence-corrected chi connectivity index (χ2v) is 7.38. The van der Waals surface area contributed by atoms with Gasteiger partial charge in [0.05, 0.1) is 6.10 Å². The summed E-state index contributed by atoms with van der Waals surface area (Å²) in [5.74, 6) is 1.10. The molecule has 2 heterocycles. The van der Waals surface area contributed by atoms with Crippen LogP contribution in [0.2, 0.25) is 0 Å². The molecule has 0 aliphatic heterocycles. The largest absolute Gasteiger partial charge is 0.391 e. The Kier molecular flexibility index (Phi) is 5.63. The first-order chi connectivity index (χ1) is 11.6. The maximum absolute atomic E-state index is 10.3. The van der Waals surface area contributed by atoms with Crippen molar-refractivity contribution >= 4 is 0 Å². The summed E-state index contributed by atoms with van der Waals surface area (Å²) in [7, 11) is 0. The summed E-state index contributed by atoms with van der Waals surface area (Å²) in [6.45, 7) is 6.05. The van der Waals surface area contributed by atoms with Gasteiger partial charge in [-0.05, 0) is 48.8 Å². The number of nitrogens with zero attached hydrogens (tertiary/aromatic N) is 3. The van der Waals surface area contributed by atoms with E-state index in [1.807, 2.05) is 23.1 Å². The molecule has 0 radical (unpaired) electrons. The monoisotopic (exact) mass is 328 g/mol. The van der Waals surface area contributed by atoms with Crippen LogP contribution in [0.15, 0.2) is 36.8 Å². The molecule has 24 heavy (non-hydrogen) atoms. The number of hydrogen-bond donors (Lipinski definition) is 2. The first-order valence-electron chi connectivity index (χ1n) is 8.93. The maximum atomic E-state index is 10.3. The van der Waals surface area contributed by atoms with Crippen LogP contribution in [0.4, 0.5) is 0 Å². The van der Waals surface area contributed by atoms with Crippen molar-refractivity contribution in [3.05, 3.63) is 48.0 Å². The van der Waals surface area contributed by atoms with Crippen molar-refractivity contribution in [2.75, 3.05) is 0 Å². The van der Waals surface area contributed by atoms with Crippen LogP contribution in [-0.2, 0) is 19.5 Å². The molecule has 0 amide bonds. The van der Waals surface area contributed by atoms with Crippen LogP contribution in [0.25, 0.3) is 0 Å². The molecule has 1 unspecified atom stereocenters. The molecule has 0 bridgehead atoms. The minimum absolute atomic E-state index is 0.154. The zero-order chi connectivity index (χ0) is 16.9. The SMILES string of the molecule is CC(C)Cc1ccc(CN[C@@H]2CC(Cn3cccn3)C[C@H]2O)cn1. The van der Waals surface area contributed by atoms with Crippen molar-refractivity contribution in [2.24, 2.45) is 11.8 Å². The normalized spacial score (nSPS) is 23.9. The molecule has 0 aromatic carbocycles. The number of nitrogens with one attached hydrogen (secondary N) is 1. The van der Waals surface area contributed by atoms with Gasteiger partial charge in [0.1, 0.15) is 0 Å². The summed E-state index contributed by atoms with van der Waals surface area (Å²) in [5, 5.41) is 18.1. The molecule has 2 N–H and O–H groups in total. The van der Waals surface area contributed by atoms with Gasteiger partial charge in [-0.2, -0.15) is 5.10 Å². The van der Waals surface area contributed by atoms with E-state index in [2.05, 4.69) is 41.4 Å². The molecule has 1 aliphatic carbocycles. The number of aliphatic hydroxyl groups excluding tert-OH is 1. The Morgan fingerprint density at radius 2 is 2.21 bits per heavy atom. The fourth-order valence-electron chi connectivity index (χ4n) is 3.51. The Labute approximate surface area is 144 Å². The highest BCUT2D eigenvalue weighted by Gasteiger charge is 2.32. The van der Waals surface area contributed by atoms with Gasteiger partial charge in [-0.1, -0.05) is 19.9 Å². The van der Waals surface area contributed by atoms with Crippen molar-refractivity contribution in [2.45, 2.75) is 58.3 Å². The van der Waals surface area contributed by atoms with Crippen LogP contribution in [0, 0.1) is 11.8 Å². The van der Waals surface area contributed by atoms with Crippen LogP contribution < -0.4 is 5.32 Å².